The summed E-state index contributed by atoms with van der Waals surface area (Å²) in [5.41, 5.74) is -3.13. The van der Waals surface area contributed by atoms with Crippen LogP contribution in [0.4, 0.5) is 30.7 Å². The molecule has 138 valence electrons. The fourth-order valence-electron chi connectivity index (χ4n) is 2.74. The number of pyridine rings is 1. The SMILES string of the molecule is CCn1c(=O)c(C(F)(F)C(F)(F)C(F)(F)F)c(C)c2ccc(C)cc21. The van der Waals surface area contributed by atoms with Crippen molar-refractivity contribution in [3.8, 4) is 0 Å². The molecule has 0 aliphatic carbocycles. The van der Waals surface area contributed by atoms with E-state index in [9.17, 15) is 35.5 Å². The monoisotopic (exact) mass is 369 g/mol. The van der Waals surface area contributed by atoms with E-state index in [0.29, 0.717) is 5.56 Å². The Morgan fingerprint density at radius 3 is 2.04 bits per heavy atom. The van der Waals surface area contributed by atoms with E-state index in [4.69, 9.17) is 0 Å². The number of aromatic nitrogens is 1. The van der Waals surface area contributed by atoms with Gasteiger partial charge in [0.15, 0.2) is 0 Å². The lowest BCUT2D eigenvalue weighted by molar-refractivity contribution is -0.360. The summed E-state index contributed by atoms with van der Waals surface area (Å²) in [6.07, 6.45) is -6.51. The van der Waals surface area contributed by atoms with Crippen molar-refractivity contribution >= 4 is 10.9 Å². The molecule has 0 amide bonds. The fourth-order valence-corrected chi connectivity index (χ4v) is 2.74. The number of benzene rings is 1. The Morgan fingerprint density at radius 1 is 1.00 bits per heavy atom. The molecule has 2 aromatic rings. The standard InChI is InChI=1S/C16H14F7NO/c1-4-24-11-7-8(2)5-6-10(11)9(3)12(13(24)25)14(17,18)15(19,20)16(21,22)23/h5-7H,4H2,1-3H3. The maximum absolute atomic E-state index is 14.2. The van der Waals surface area contributed by atoms with Gasteiger partial charge in [-0.05, 0) is 38.0 Å². The molecule has 0 saturated heterocycles. The van der Waals surface area contributed by atoms with E-state index in [0.717, 1.165) is 11.5 Å². The second-order valence-corrected chi connectivity index (χ2v) is 5.72. The molecule has 0 bridgehead atoms. The summed E-state index contributed by atoms with van der Waals surface area (Å²) in [6.45, 7) is 3.84. The number of rotatable bonds is 3. The topological polar surface area (TPSA) is 22.0 Å². The summed E-state index contributed by atoms with van der Waals surface area (Å²) < 4.78 is 93.5. The van der Waals surface area contributed by atoms with E-state index in [1.165, 1.54) is 25.1 Å². The summed E-state index contributed by atoms with van der Waals surface area (Å²) >= 11 is 0. The Morgan fingerprint density at radius 2 is 1.56 bits per heavy atom. The van der Waals surface area contributed by atoms with Crippen LogP contribution in [0.15, 0.2) is 23.0 Å². The molecule has 2 nitrogen and oxygen atoms in total. The van der Waals surface area contributed by atoms with Crippen LogP contribution in [0, 0.1) is 13.8 Å². The number of nitrogens with zero attached hydrogens (tertiary/aromatic N) is 1. The van der Waals surface area contributed by atoms with E-state index >= 15 is 0 Å². The van der Waals surface area contributed by atoms with Crippen molar-refractivity contribution in [3.63, 3.8) is 0 Å². The first-order chi connectivity index (χ1) is 11.3. The lowest BCUT2D eigenvalue weighted by Gasteiger charge is -2.29. The highest BCUT2D eigenvalue weighted by Crippen LogP contribution is 2.52. The van der Waals surface area contributed by atoms with Gasteiger partial charge in [0, 0.05) is 11.9 Å². The number of halogens is 7. The lowest BCUT2D eigenvalue weighted by Crippen LogP contribution is -2.52. The van der Waals surface area contributed by atoms with Crippen molar-refractivity contribution in [1.29, 1.82) is 0 Å². The summed E-state index contributed by atoms with van der Waals surface area (Å²) in [6, 6.07) is 4.29. The summed E-state index contributed by atoms with van der Waals surface area (Å²) in [5, 5.41) is 0.0136. The van der Waals surface area contributed by atoms with Crippen LogP contribution in [-0.4, -0.2) is 16.7 Å². The maximum atomic E-state index is 14.2. The molecule has 2 rings (SSSR count). The quantitative estimate of drug-likeness (QED) is 0.704. The average molecular weight is 369 g/mol. The van der Waals surface area contributed by atoms with E-state index in [-0.39, 0.29) is 17.4 Å². The molecule has 0 radical (unpaired) electrons. The number of fused-ring (bicyclic) bond motifs is 1. The van der Waals surface area contributed by atoms with Crippen molar-refractivity contribution in [2.45, 2.75) is 45.3 Å². The number of hydrogen-bond acceptors (Lipinski definition) is 1. The van der Waals surface area contributed by atoms with Crippen LogP contribution in [0.5, 0.6) is 0 Å². The maximum Gasteiger partial charge on any atom is 0.460 e. The summed E-state index contributed by atoms with van der Waals surface area (Å²) in [4.78, 5) is 12.3. The zero-order valence-corrected chi connectivity index (χ0v) is 13.4. The molecule has 1 heterocycles. The predicted octanol–water partition coefficient (Wildman–Crippen LogP) is 4.93. The van der Waals surface area contributed by atoms with Gasteiger partial charge < -0.3 is 4.57 Å². The molecule has 0 saturated carbocycles. The summed E-state index contributed by atoms with van der Waals surface area (Å²) in [7, 11) is 0. The third-order valence-electron chi connectivity index (χ3n) is 4.06. The highest BCUT2D eigenvalue weighted by molar-refractivity contribution is 5.84. The van der Waals surface area contributed by atoms with Crippen molar-refractivity contribution in [1.82, 2.24) is 4.57 Å². The highest BCUT2D eigenvalue weighted by atomic mass is 19.4. The van der Waals surface area contributed by atoms with Gasteiger partial charge in [-0.25, -0.2) is 0 Å². The van der Waals surface area contributed by atoms with Gasteiger partial charge in [0.1, 0.15) is 0 Å². The third-order valence-corrected chi connectivity index (χ3v) is 4.06. The van der Waals surface area contributed by atoms with Gasteiger partial charge in [0.25, 0.3) is 5.56 Å². The van der Waals surface area contributed by atoms with E-state index in [2.05, 4.69) is 0 Å². The van der Waals surface area contributed by atoms with E-state index in [1.807, 2.05) is 0 Å². The van der Waals surface area contributed by atoms with Gasteiger partial charge in [0.2, 0.25) is 0 Å². The third kappa shape index (κ3) is 2.69. The van der Waals surface area contributed by atoms with Crippen molar-refractivity contribution in [3.05, 3.63) is 45.2 Å². The first-order valence-corrected chi connectivity index (χ1v) is 7.24. The van der Waals surface area contributed by atoms with Crippen molar-refractivity contribution in [2.24, 2.45) is 0 Å². The predicted molar refractivity (Wildman–Crippen MR) is 78.3 cm³/mol. The van der Waals surface area contributed by atoms with E-state index < -0.39 is 34.7 Å². The molecule has 0 atom stereocenters. The number of hydrogen-bond donors (Lipinski definition) is 0. The van der Waals surface area contributed by atoms with Crippen LogP contribution >= 0.6 is 0 Å². The van der Waals surface area contributed by atoms with Gasteiger partial charge in [-0.1, -0.05) is 12.1 Å². The van der Waals surface area contributed by atoms with Gasteiger partial charge >= 0.3 is 18.0 Å². The molecule has 0 N–H and O–H groups in total. The van der Waals surface area contributed by atoms with Gasteiger partial charge in [-0.15, -0.1) is 0 Å². The normalized spacial score (nSPS) is 13.5. The fraction of sp³-hybridized carbons (Fsp3) is 0.438. The zero-order chi connectivity index (χ0) is 19.4. The number of alkyl halides is 7. The minimum atomic E-state index is -6.51. The van der Waals surface area contributed by atoms with Gasteiger partial charge in [-0.2, -0.15) is 30.7 Å². The van der Waals surface area contributed by atoms with Crippen LogP contribution < -0.4 is 5.56 Å². The highest BCUT2D eigenvalue weighted by Gasteiger charge is 2.74. The molecule has 0 unspecified atom stereocenters. The molecular formula is C16H14F7NO. The molecule has 9 heteroatoms. The van der Waals surface area contributed by atoms with Crippen LogP contribution in [0.25, 0.3) is 10.9 Å². The Hall–Kier alpha value is -2.06. The Bertz CT molecular complexity index is 881. The van der Waals surface area contributed by atoms with Crippen LogP contribution in [0.1, 0.15) is 23.6 Å². The molecule has 0 aliphatic rings. The Balaban J connectivity index is 2.97. The molecule has 1 aromatic carbocycles. The number of aryl methyl sites for hydroxylation is 3. The molecule has 0 aliphatic heterocycles. The lowest BCUT2D eigenvalue weighted by atomic mass is 9.95. The molecule has 1 aromatic heterocycles. The zero-order valence-electron chi connectivity index (χ0n) is 13.4. The molecular weight excluding hydrogens is 355 g/mol. The smallest absolute Gasteiger partial charge is 0.308 e. The van der Waals surface area contributed by atoms with Crippen LogP contribution in [-0.2, 0) is 12.5 Å². The minimum absolute atomic E-state index is 0.0136. The largest absolute Gasteiger partial charge is 0.460 e. The minimum Gasteiger partial charge on any atom is -0.308 e. The Labute approximate surface area is 137 Å². The van der Waals surface area contributed by atoms with Crippen molar-refractivity contribution < 1.29 is 30.7 Å². The average Bonchev–Trinajstić information content (AvgIpc) is 2.45. The molecule has 25 heavy (non-hydrogen) atoms. The second-order valence-electron chi connectivity index (χ2n) is 5.72. The van der Waals surface area contributed by atoms with Crippen molar-refractivity contribution in [2.75, 3.05) is 0 Å². The van der Waals surface area contributed by atoms with Crippen LogP contribution in [0.2, 0.25) is 0 Å². The molecule has 0 fully saturated rings. The molecule has 0 spiro atoms. The first kappa shape index (κ1) is 19.3. The Kier molecular flexibility index (Phi) is 4.42. The first-order valence-electron chi connectivity index (χ1n) is 7.24. The summed E-state index contributed by atoms with van der Waals surface area (Å²) in [5.74, 6) is -12.1. The second kappa shape index (κ2) is 5.74. The van der Waals surface area contributed by atoms with Gasteiger partial charge in [-0.3, -0.25) is 4.79 Å². The van der Waals surface area contributed by atoms with Crippen LogP contribution in [0.3, 0.4) is 0 Å². The van der Waals surface area contributed by atoms with E-state index in [1.54, 1.807) is 6.92 Å². The van der Waals surface area contributed by atoms with Gasteiger partial charge in [0.05, 0.1) is 11.1 Å².